The quantitative estimate of drug-likeness (QED) is 0.296. The summed E-state index contributed by atoms with van der Waals surface area (Å²) in [6.07, 6.45) is 20.9. The maximum absolute atomic E-state index is 5.76. The van der Waals surface area contributed by atoms with E-state index >= 15 is 0 Å². The number of halogens is 2. The molecule has 0 aromatic carbocycles. The second-order valence-electron chi connectivity index (χ2n) is 5.66. The van der Waals surface area contributed by atoms with E-state index in [-0.39, 0.29) is 24.8 Å². The zero-order valence-corrected chi connectivity index (χ0v) is 19.6. The minimum Gasteiger partial charge on any atom is -1.00 e. The van der Waals surface area contributed by atoms with Crippen LogP contribution in [0.15, 0.2) is 36.0 Å². The summed E-state index contributed by atoms with van der Waals surface area (Å²) in [7, 11) is -1.28. The van der Waals surface area contributed by atoms with E-state index in [2.05, 4.69) is 53.7 Å². The maximum Gasteiger partial charge on any atom is 0.183 e. The van der Waals surface area contributed by atoms with Crippen molar-refractivity contribution < 1.29 is 53.5 Å². The standard InChI is InChI=1S/C11H19OSi.C5H5.C2H4.2ClH.Zr/c1-13(2,3)12-10-6-9-11-7-4-5-8-11;1-2-4-5-3-1;1-2;;;/h4,7H,5-6,9-10H2,1-3H3;1-3H,4H2;1H,2H3;2*1H;/q2*-1;;;;+2/p-2. The van der Waals surface area contributed by atoms with Gasteiger partial charge in [0.15, 0.2) is 8.32 Å². The monoisotopic (exact) mass is 448 g/mol. The van der Waals surface area contributed by atoms with Crippen LogP contribution >= 0.6 is 0 Å². The Bertz CT molecular complexity index is 386. The second-order valence-corrected chi connectivity index (χ2v) is 11.6. The van der Waals surface area contributed by atoms with Crippen LogP contribution in [0.3, 0.4) is 0 Å². The number of hydrogen-bond acceptors (Lipinski definition) is 1. The van der Waals surface area contributed by atoms with E-state index in [4.69, 9.17) is 4.43 Å². The van der Waals surface area contributed by atoms with E-state index in [0.29, 0.717) is 0 Å². The van der Waals surface area contributed by atoms with E-state index in [1.54, 1.807) is 0 Å². The van der Waals surface area contributed by atoms with Crippen molar-refractivity contribution in [1.29, 1.82) is 0 Å². The predicted molar refractivity (Wildman–Crippen MR) is 92.4 cm³/mol. The normalized spacial score (nSPS) is 13.7. The van der Waals surface area contributed by atoms with E-state index in [1.807, 2.05) is 19.1 Å². The Hall–Kier alpha value is 0.470. The maximum atomic E-state index is 5.76. The first kappa shape index (κ1) is 28.3. The van der Waals surface area contributed by atoms with Crippen LogP contribution in [0.2, 0.25) is 19.6 Å². The van der Waals surface area contributed by atoms with Crippen LogP contribution in [0.4, 0.5) is 0 Å². The van der Waals surface area contributed by atoms with Gasteiger partial charge in [0.05, 0.1) is 0 Å². The van der Waals surface area contributed by atoms with Crippen molar-refractivity contribution in [2.45, 2.75) is 52.2 Å². The van der Waals surface area contributed by atoms with Gasteiger partial charge >= 0.3 is 34.9 Å². The SMILES string of the molecule is C[CH]=[Zr+2].C[Si](C)(C)OCCCC1=[C-]CC=C1.[C-]1=CC=CC1.[Cl-].[Cl-]. The molecular weight excluding hydrogens is 422 g/mol. The van der Waals surface area contributed by atoms with Gasteiger partial charge in [-0.3, -0.25) is 12.2 Å². The molecule has 1 nitrogen and oxygen atoms in total. The number of allylic oxidation sites excluding steroid dienone is 8. The summed E-state index contributed by atoms with van der Waals surface area (Å²) < 4.78 is 7.85. The van der Waals surface area contributed by atoms with Gasteiger partial charge in [-0.2, -0.15) is 12.2 Å². The third-order valence-corrected chi connectivity index (χ3v) is 3.55. The Morgan fingerprint density at radius 1 is 1.22 bits per heavy atom. The molecule has 0 amide bonds. The van der Waals surface area contributed by atoms with Crippen molar-refractivity contribution in [3.63, 3.8) is 0 Å². The fourth-order valence-electron chi connectivity index (χ4n) is 1.60. The van der Waals surface area contributed by atoms with Gasteiger partial charge < -0.3 is 29.2 Å². The van der Waals surface area contributed by atoms with Gasteiger partial charge in [-0.05, 0) is 26.1 Å². The molecule has 0 fully saturated rings. The van der Waals surface area contributed by atoms with Gasteiger partial charge in [0, 0.05) is 6.61 Å². The van der Waals surface area contributed by atoms with E-state index in [1.165, 1.54) is 29.8 Å². The zero-order valence-electron chi connectivity index (χ0n) is 14.7. The first-order valence-electron chi connectivity index (χ1n) is 7.56. The smallest absolute Gasteiger partial charge is 0.183 e. The van der Waals surface area contributed by atoms with Crippen LogP contribution < -0.4 is 24.8 Å². The molecule has 2 rings (SSSR count). The summed E-state index contributed by atoms with van der Waals surface area (Å²) >= 11 is 1.51. The summed E-state index contributed by atoms with van der Waals surface area (Å²) in [6, 6.07) is 0. The fourth-order valence-corrected chi connectivity index (χ4v) is 2.36. The van der Waals surface area contributed by atoms with Crippen LogP contribution in [0.5, 0.6) is 0 Å². The zero-order chi connectivity index (χ0) is 16.0. The number of hydrogen-bond donors (Lipinski definition) is 0. The van der Waals surface area contributed by atoms with Gasteiger partial charge in [0.2, 0.25) is 0 Å². The molecule has 0 atom stereocenters. The third-order valence-electron chi connectivity index (χ3n) is 2.48. The molecule has 0 spiro atoms. The molecule has 2 aliphatic carbocycles. The molecule has 0 heterocycles. The molecule has 0 unspecified atom stereocenters. The minimum atomic E-state index is -1.28. The molecule has 0 saturated carbocycles. The first-order chi connectivity index (χ1) is 9.99. The van der Waals surface area contributed by atoms with Crippen molar-refractivity contribution in [1.82, 2.24) is 0 Å². The van der Waals surface area contributed by atoms with Crippen molar-refractivity contribution in [3.05, 3.63) is 48.1 Å². The predicted octanol–water partition coefficient (Wildman–Crippen LogP) is -1.02. The van der Waals surface area contributed by atoms with Gasteiger partial charge in [-0.25, -0.2) is 23.8 Å². The van der Waals surface area contributed by atoms with Crippen molar-refractivity contribution in [2.75, 3.05) is 6.61 Å². The Kier molecular flexibility index (Phi) is 23.1. The van der Waals surface area contributed by atoms with E-state index < -0.39 is 8.32 Å². The molecule has 130 valence electrons. The summed E-state index contributed by atoms with van der Waals surface area (Å²) in [5.74, 6) is 0. The molecule has 0 aromatic rings. The minimum absolute atomic E-state index is 0. The Balaban J connectivity index is -0.000000336. The molecule has 0 N–H and O–H groups in total. The molecule has 0 aromatic heterocycles. The largest absolute Gasteiger partial charge is 1.00 e. The molecule has 0 radical (unpaired) electrons. The van der Waals surface area contributed by atoms with Crippen LogP contribution in [-0.4, -0.2) is 18.6 Å². The molecule has 0 aliphatic heterocycles. The summed E-state index contributed by atoms with van der Waals surface area (Å²) in [5.41, 5.74) is 1.36. The average molecular weight is 451 g/mol. The van der Waals surface area contributed by atoms with E-state index in [9.17, 15) is 0 Å². The van der Waals surface area contributed by atoms with Crippen LogP contribution in [-0.2, 0) is 28.7 Å². The molecular formula is C18H28Cl2OSiZr-2. The molecule has 23 heavy (non-hydrogen) atoms. The Morgan fingerprint density at radius 2 is 1.87 bits per heavy atom. The van der Waals surface area contributed by atoms with Crippen LogP contribution in [0, 0.1) is 12.2 Å². The average Bonchev–Trinajstić information content (AvgIpc) is 3.10. The van der Waals surface area contributed by atoms with Crippen molar-refractivity contribution in [3.8, 4) is 0 Å². The van der Waals surface area contributed by atoms with Gasteiger partial charge in [-0.1, -0.05) is 6.42 Å². The van der Waals surface area contributed by atoms with Crippen molar-refractivity contribution in [2.24, 2.45) is 0 Å². The molecule has 0 bridgehead atoms. The Labute approximate surface area is 171 Å². The van der Waals surface area contributed by atoms with Gasteiger partial charge in [0.1, 0.15) is 0 Å². The molecule has 2 aliphatic rings. The topological polar surface area (TPSA) is 9.23 Å². The van der Waals surface area contributed by atoms with Gasteiger partial charge in [0.25, 0.3) is 0 Å². The third kappa shape index (κ3) is 22.5. The number of rotatable bonds is 5. The van der Waals surface area contributed by atoms with Crippen LogP contribution in [0.25, 0.3) is 0 Å². The summed E-state index contributed by atoms with van der Waals surface area (Å²) in [5, 5.41) is 0. The summed E-state index contributed by atoms with van der Waals surface area (Å²) in [6.45, 7) is 9.64. The Morgan fingerprint density at radius 3 is 2.22 bits per heavy atom. The molecule has 0 saturated heterocycles. The summed E-state index contributed by atoms with van der Waals surface area (Å²) in [4.78, 5) is 0. The van der Waals surface area contributed by atoms with Crippen molar-refractivity contribution >= 4 is 12.0 Å². The van der Waals surface area contributed by atoms with Crippen LogP contribution in [0.1, 0.15) is 32.6 Å². The first-order valence-corrected chi connectivity index (χ1v) is 12.4. The second kappa shape index (κ2) is 18.8. The molecule has 5 heteroatoms. The van der Waals surface area contributed by atoms with Gasteiger partial charge in [-0.15, -0.1) is 12.8 Å². The van der Waals surface area contributed by atoms with E-state index in [0.717, 1.165) is 32.3 Å². The fraction of sp³-hybridized carbons (Fsp3) is 0.500.